The van der Waals surface area contributed by atoms with Crippen LogP contribution in [-0.2, 0) is 11.3 Å². The van der Waals surface area contributed by atoms with Crippen molar-refractivity contribution in [3.63, 3.8) is 0 Å². The van der Waals surface area contributed by atoms with Crippen molar-refractivity contribution in [1.82, 2.24) is 10.6 Å². The van der Waals surface area contributed by atoms with E-state index in [1.54, 1.807) is 18.4 Å². The molecule has 0 aliphatic heterocycles. The number of rotatable bonds is 6. The van der Waals surface area contributed by atoms with E-state index in [1.165, 1.54) is 6.07 Å². The predicted molar refractivity (Wildman–Crippen MR) is 63.7 cm³/mol. The Balaban J connectivity index is 2.59. The van der Waals surface area contributed by atoms with Crippen LogP contribution in [0, 0.1) is 5.82 Å². The maximum Gasteiger partial charge on any atom is 0.405 e. The van der Waals surface area contributed by atoms with Crippen LogP contribution in [0.4, 0.5) is 17.6 Å². The number of hydrogen-bond acceptors (Lipinski definition) is 3. The van der Waals surface area contributed by atoms with Crippen LogP contribution >= 0.6 is 0 Å². The fourth-order valence-electron chi connectivity index (χ4n) is 1.43. The van der Waals surface area contributed by atoms with E-state index in [-0.39, 0.29) is 5.75 Å². The fraction of sp³-hybridized carbons (Fsp3) is 0.417. The lowest BCUT2D eigenvalue weighted by molar-refractivity contribution is -0.139. The molecular formula is C12H14F4N2O2. The quantitative estimate of drug-likeness (QED) is 0.784. The molecule has 1 rings (SSSR count). The summed E-state index contributed by atoms with van der Waals surface area (Å²) in [5.41, 5.74) is 0.469. The SMILES string of the molecule is CNCc1cccc(F)c1OCC(=O)NCC(F)(F)F. The molecule has 0 saturated heterocycles. The van der Waals surface area contributed by atoms with Crippen molar-refractivity contribution in [2.45, 2.75) is 12.7 Å². The van der Waals surface area contributed by atoms with E-state index in [9.17, 15) is 22.4 Å². The van der Waals surface area contributed by atoms with E-state index in [1.807, 2.05) is 0 Å². The molecule has 0 aliphatic carbocycles. The molecule has 0 spiro atoms. The Morgan fingerprint density at radius 3 is 2.65 bits per heavy atom. The van der Waals surface area contributed by atoms with Gasteiger partial charge in [0.25, 0.3) is 5.91 Å². The molecular weight excluding hydrogens is 280 g/mol. The molecule has 0 heterocycles. The molecule has 0 radical (unpaired) electrons. The smallest absolute Gasteiger partial charge is 0.405 e. The minimum atomic E-state index is -4.50. The minimum Gasteiger partial charge on any atom is -0.480 e. The van der Waals surface area contributed by atoms with Crippen LogP contribution in [0.15, 0.2) is 18.2 Å². The van der Waals surface area contributed by atoms with Gasteiger partial charge in [-0.1, -0.05) is 12.1 Å². The normalized spacial score (nSPS) is 11.2. The van der Waals surface area contributed by atoms with Gasteiger partial charge in [-0.15, -0.1) is 0 Å². The predicted octanol–water partition coefficient (Wildman–Crippen LogP) is 1.60. The summed E-state index contributed by atoms with van der Waals surface area (Å²) in [7, 11) is 1.64. The highest BCUT2D eigenvalue weighted by Gasteiger charge is 2.27. The zero-order chi connectivity index (χ0) is 15.2. The number of nitrogens with one attached hydrogen (secondary N) is 2. The van der Waals surface area contributed by atoms with E-state index in [4.69, 9.17) is 4.74 Å². The van der Waals surface area contributed by atoms with E-state index in [2.05, 4.69) is 5.32 Å². The minimum absolute atomic E-state index is 0.149. The number of halogens is 4. The van der Waals surface area contributed by atoms with E-state index >= 15 is 0 Å². The first-order valence-corrected chi connectivity index (χ1v) is 5.71. The topological polar surface area (TPSA) is 50.4 Å². The van der Waals surface area contributed by atoms with Crippen molar-refractivity contribution < 1.29 is 27.1 Å². The van der Waals surface area contributed by atoms with Gasteiger partial charge >= 0.3 is 6.18 Å². The second kappa shape index (κ2) is 7.09. The zero-order valence-corrected chi connectivity index (χ0v) is 10.7. The highest BCUT2D eigenvalue weighted by atomic mass is 19.4. The largest absolute Gasteiger partial charge is 0.480 e. The van der Waals surface area contributed by atoms with Crippen molar-refractivity contribution in [3.05, 3.63) is 29.6 Å². The summed E-state index contributed by atoms with van der Waals surface area (Å²) in [6.45, 7) is -1.83. The first kappa shape index (κ1) is 16.2. The number of ether oxygens (including phenoxy) is 1. The summed E-state index contributed by atoms with van der Waals surface area (Å²) in [5.74, 6) is -1.80. The Morgan fingerprint density at radius 1 is 1.35 bits per heavy atom. The van der Waals surface area contributed by atoms with Crippen molar-refractivity contribution in [1.29, 1.82) is 0 Å². The third-order valence-electron chi connectivity index (χ3n) is 2.25. The molecule has 1 amide bonds. The summed E-state index contributed by atoms with van der Waals surface area (Å²) < 4.78 is 54.1. The van der Waals surface area contributed by atoms with Crippen molar-refractivity contribution >= 4 is 5.91 Å². The second-order valence-corrected chi connectivity index (χ2v) is 3.94. The summed E-state index contributed by atoms with van der Waals surface area (Å²) in [6.07, 6.45) is -4.50. The summed E-state index contributed by atoms with van der Waals surface area (Å²) in [6, 6.07) is 4.20. The van der Waals surface area contributed by atoms with Gasteiger partial charge in [0.1, 0.15) is 6.54 Å². The third-order valence-corrected chi connectivity index (χ3v) is 2.25. The second-order valence-electron chi connectivity index (χ2n) is 3.94. The molecule has 0 unspecified atom stereocenters. The van der Waals surface area contributed by atoms with Gasteiger partial charge in [0.2, 0.25) is 0 Å². The molecule has 8 heteroatoms. The fourth-order valence-corrected chi connectivity index (χ4v) is 1.43. The van der Waals surface area contributed by atoms with Crippen molar-refractivity contribution in [3.8, 4) is 5.75 Å². The van der Waals surface area contributed by atoms with Crippen LogP contribution < -0.4 is 15.4 Å². The van der Waals surface area contributed by atoms with E-state index < -0.39 is 31.1 Å². The van der Waals surface area contributed by atoms with Gasteiger partial charge in [-0.2, -0.15) is 13.2 Å². The monoisotopic (exact) mass is 294 g/mol. The average molecular weight is 294 g/mol. The molecule has 1 aromatic rings. The number of carbonyl (C=O) groups excluding carboxylic acids is 1. The summed E-state index contributed by atoms with van der Waals surface area (Å²) in [4.78, 5) is 11.2. The number of alkyl halides is 3. The standard InChI is InChI=1S/C12H14F4N2O2/c1-17-5-8-3-2-4-9(13)11(8)20-6-10(19)18-7-12(14,15)16/h2-4,17H,5-7H2,1H3,(H,18,19). The van der Waals surface area contributed by atoms with Crippen molar-refractivity contribution in [2.24, 2.45) is 0 Å². The van der Waals surface area contributed by atoms with Gasteiger partial charge in [0.15, 0.2) is 18.2 Å². The number of hydrogen-bond donors (Lipinski definition) is 2. The molecule has 20 heavy (non-hydrogen) atoms. The van der Waals surface area contributed by atoms with Gasteiger partial charge < -0.3 is 15.4 Å². The van der Waals surface area contributed by atoms with Gasteiger partial charge in [0, 0.05) is 12.1 Å². The first-order valence-electron chi connectivity index (χ1n) is 5.71. The van der Waals surface area contributed by atoms with Crippen LogP contribution in [0.5, 0.6) is 5.75 Å². The molecule has 1 aromatic carbocycles. The zero-order valence-electron chi connectivity index (χ0n) is 10.7. The number of benzene rings is 1. The Hall–Kier alpha value is -1.83. The van der Waals surface area contributed by atoms with Crippen LogP contribution in [0.2, 0.25) is 0 Å². The van der Waals surface area contributed by atoms with Crippen LogP contribution in [-0.4, -0.2) is 32.3 Å². The average Bonchev–Trinajstić information content (AvgIpc) is 2.35. The Morgan fingerprint density at radius 2 is 2.05 bits per heavy atom. The maximum atomic E-state index is 13.5. The number of amides is 1. The van der Waals surface area contributed by atoms with Gasteiger partial charge in [-0.05, 0) is 13.1 Å². The van der Waals surface area contributed by atoms with Crippen LogP contribution in [0.3, 0.4) is 0 Å². The van der Waals surface area contributed by atoms with E-state index in [0.717, 1.165) is 6.07 Å². The lowest BCUT2D eigenvalue weighted by Crippen LogP contribution is -2.36. The maximum absolute atomic E-state index is 13.5. The van der Waals surface area contributed by atoms with Crippen LogP contribution in [0.1, 0.15) is 5.56 Å². The van der Waals surface area contributed by atoms with Gasteiger partial charge in [0.05, 0.1) is 0 Å². The molecule has 4 nitrogen and oxygen atoms in total. The first-order chi connectivity index (χ1) is 9.33. The highest BCUT2D eigenvalue weighted by molar-refractivity contribution is 5.77. The molecule has 2 N–H and O–H groups in total. The number of carbonyl (C=O) groups is 1. The molecule has 0 atom stereocenters. The summed E-state index contributed by atoms with van der Waals surface area (Å²) in [5, 5.41) is 4.43. The summed E-state index contributed by atoms with van der Waals surface area (Å²) >= 11 is 0. The molecule has 0 fully saturated rings. The highest BCUT2D eigenvalue weighted by Crippen LogP contribution is 2.22. The van der Waals surface area contributed by atoms with Crippen molar-refractivity contribution in [2.75, 3.05) is 20.2 Å². The Bertz CT molecular complexity index is 463. The number of para-hydroxylation sites is 1. The van der Waals surface area contributed by atoms with Gasteiger partial charge in [-0.25, -0.2) is 4.39 Å². The molecule has 0 aromatic heterocycles. The van der Waals surface area contributed by atoms with Crippen LogP contribution in [0.25, 0.3) is 0 Å². The molecule has 0 saturated carbocycles. The molecule has 0 bridgehead atoms. The van der Waals surface area contributed by atoms with E-state index in [0.29, 0.717) is 12.1 Å². The van der Waals surface area contributed by atoms with Gasteiger partial charge in [-0.3, -0.25) is 4.79 Å². The Labute approximate surface area is 113 Å². The lowest BCUT2D eigenvalue weighted by atomic mass is 10.2. The molecule has 0 aliphatic rings. The lowest BCUT2D eigenvalue weighted by Gasteiger charge is -2.13. The Kier molecular flexibility index (Phi) is 5.75. The molecule has 112 valence electrons. The third kappa shape index (κ3) is 5.43.